The molecule has 1 fully saturated rings. The summed E-state index contributed by atoms with van der Waals surface area (Å²) in [6, 6.07) is 6.92. The van der Waals surface area contributed by atoms with E-state index in [9.17, 15) is 18.0 Å². The molecule has 104 valence electrons. The maximum absolute atomic E-state index is 12.0. The first-order chi connectivity index (χ1) is 8.87. The first-order valence-electron chi connectivity index (χ1n) is 5.59. The summed E-state index contributed by atoms with van der Waals surface area (Å²) < 4.78 is 41.1. The van der Waals surface area contributed by atoms with Crippen LogP contribution in [-0.4, -0.2) is 42.8 Å². The molecule has 1 aromatic rings. The van der Waals surface area contributed by atoms with Crippen molar-refractivity contribution in [3.63, 3.8) is 0 Å². The van der Waals surface area contributed by atoms with Crippen LogP contribution >= 0.6 is 15.9 Å². The minimum Gasteiger partial charge on any atom is -0.365 e. The lowest BCUT2D eigenvalue weighted by Gasteiger charge is -2.39. The van der Waals surface area contributed by atoms with E-state index in [1.54, 1.807) is 24.3 Å². The summed E-state index contributed by atoms with van der Waals surface area (Å²) in [4.78, 5) is 13.5. The SMILES string of the molecule is O=C(c1ccccc1Br)N1CC(OCC(F)(F)F)C1. The fraction of sp³-hybridized carbons (Fsp3) is 0.417. The molecule has 0 radical (unpaired) electrons. The van der Waals surface area contributed by atoms with E-state index in [0.717, 1.165) is 0 Å². The number of halogens is 4. The lowest BCUT2D eigenvalue weighted by molar-refractivity contribution is -0.196. The maximum Gasteiger partial charge on any atom is 0.411 e. The summed E-state index contributed by atoms with van der Waals surface area (Å²) in [6.45, 7) is -0.888. The second-order valence-electron chi connectivity index (χ2n) is 4.24. The summed E-state index contributed by atoms with van der Waals surface area (Å²) in [5, 5.41) is 0. The summed E-state index contributed by atoms with van der Waals surface area (Å²) >= 11 is 3.26. The van der Waals surface area contributed by atoms with E-state index in [0.29, 0.717) is 10.0 Å². The van der Waals surface area contributed by atoms with Crippen LogP contribution in [0.2, 0.25) is 0 Å². The van der Waals surface area contributed by atoms with Crippen LogP contribution in [0.1, 0.15) is 10.4 Å². The molecule has 0 aliphatic carbocycles. The monoisotopic (exact) mass is 337 g/mol. The average Bonchev–Trinajstić information content (AvgIpc) is 2.25. The van der Waals surface area contributed by atoms with Crippen molar-refractivity contribution in [3.05, 3.63) is 34.3 Å². The largest absolute Gasteiger partial charge is 0.411 e. The summed E-state index contributed by atoms with van der Waals surface area (Å²) in [6.07, 6.45) is -4.86. The quantitative estimate of drug-likeness (QED) is 0.848. The minimum absolute atomic E-state index is 0.191. The van der Waals surface area contributed by atoms with Crippen molar-refractivity contribution in [2.75, 3.05) is 19.7 Å². The van der Waals surface area contributed by atoms with Crippen LogP contribution in [-0.2, 0) is 4.74 Å². The zero-order chi connectivity index (χ0) is 14.0. The van der Waals surface area contributed by atoms with Gasteiger partial charge < -0.3 is 9.64 Å². The number of carbonyl (C=O) groups is 1. The number of benzene rings is 1. The van der Waals surface area contributed by atoms with E-state index < -0.39 is 18.9 Å². The number of nitrogens with zero attached hydrogens (tertiary/aromatic N) is 1. The van der Waals surface area contributed by atoms with Crippen LogP contribution in [0.4, 0.5) is 13.2 Å². The third-order valence-electron chi connectivity index (χ3n) is 2.72. The average molecular weight is 338 g/mol. The van der Waals surface area contributed by atoms with Gasteiger partial charge in [0.2, 0.25) is 0 Å². The van der Waals surface area contributed by atoms with E-state index in [4.69, 9.17) is 0 Å². The Bertz CT molecular complexity index is 472. The normalized spacial score (nSPS) is 16.3. The van der Waals surface area contributed by atoms with Gasteiger partial charge in [-0.25, -0.2) is 0 Å². The summed E-state index contributed by atoms with van der Waals surface area (Å²) in [5.74, 6) is -0.209. The van der Waals surface area contributed by atoms with Gasteiger partial charge in [0.25, 0.3) is 5.91 Å². The Kier molecular flexibility index (Phi) is 4.15. The molecule has 0 spiro atoms. The predicted octanol–water partition coefficient (Wildman–Crippen LogP) is 2.85. The number of hydrogen-bond acceptors (Lipinski definition) is 2. The summed E-state index contributed by atoms with van der Waals surface area (Å²) in [5.41, 5.74) is 0.497. The van der Waals surface area contributed by atoms with Crippen molar-refractivity contribution < 1.29 is 22.7 Å². The number of rotatable bonds is 3. The Morgan fingerprint density at radius 1 is 1.37 bits per heavy atom. The zero-order valence-corrected chi connectivity index (χ0v) is 11.4. The summed E-state index contributed by atoms with van der Waals surface area (Å²) in [7, 11) is 0. The van der Waals surface area contributed by atoms with Gasteiger partial charge in [0.15, 0.2) is 0 Å². The van der Waals surface area contributed by atoms with Crippen molar-refractivity contribution in [1.29, 1.82) is 0 Å². The smallest absolute Gasteiger partial charge is 0.365 e. The maximum atomic E-state index is 12.0. The number of ether oxygens (including phenoxy) is 1. The Morgan fingerprint density at radius 2 is 2.00 bits per heavy atom. The van der Waals surface area contributed by atoms with E-state index in [1.165, 1.54) is 4.90 Å². The fourth-order valence-electron chi connectivity index (χ4n) is 1.73. The predicted molar refractivity (Wildman–Crippen MR) is 65.8 cm³/mol. The Hall–Kier alpha value is -1.08. The zero-order valence-electron chi connectivity index (χ0n) is 9.78. The highest BCUT2D eigenvalue weighted by Gasteiger charge is 2.36. The molecule has 2 rings (SSSR count). The van der Waals surface area contributed by atoms with E-state index in [-0.39, 0.29) is 19.0 Å². The molecular weight excluding hydrogens is 327 g/mol. The fourth-order valence-corrected chi connectivity index (χ4v) is 2.18. The third-order valence-corrected chi connectivity index (χ3v) is 3.41. The van der Waals surface area contributed by atoms with E-state index in [1.807, 2.05) is 0 Å². The van der Waals surface area contributed by atoms with Crippen molar-refractivity contribution >= 4 is 21.8 Å². The van der Waals surface area contributed by atoms with Crippen LogP contribution in [0.25, 0.3) is 0 Å². The van der Waals surface area contributed by atoms with Gasteiger partial charge in [-0.05, 0) is 28.1 Å². The van der Waals surface area contributed by atoms with Crippen LogP contribution in [0, 0.1) is 0 Å². The molecule has 1 aliphatic heterocycles. The lowest BCUT2D eigenvalue weighted by atomic mass is 10.1. The highest BCUT2D eigenvalue weighted by Crippen LogP contribution is 2.23. The molecule has 1 aromatic carbocycles. The van der Waals surface area contributed by atoms with Crippen molar-refractivity contribution in [2.45, 2.75) is 12.3 Å². The van der Waals surface area contributed by atoms with Gasteiger partial charge in [0, 0.05) is 17.6 Å². The second-order valence-corrected chi connectivity index (χ2v) is 5.09. The highest BCUT2D eigenvalue weighted by molar-refractivity contribution is 9.10. The molecule has 7 heteroatoms. The molecule has 0 aromatic heterocycles. The minimum atomic E-state index is -4.33. The Labute approximate surface area is 116 Å². The standard InChI is InChI=1S/C12H11BrF3NO2/c13-10-4-2-1-3-9(10)11(18)17-5-8(6-17)19-7-12(14,15)16/h1-4,8H,5-7H2. The van der Waals surface area contributed by atoms with Gasteiger partial charge in [-0.3, -0.25) is 4.79 Å². The molecule has 0 N–H and O–H groups in total. The van der Waals surface area contributed by atoms with Gasteiger partial charge in [-0.1, -0.05) is 12.1 Å². The number of amides is 1. The molecule has 1 amide bonds. The van der Waals surface area contributed by atoms with Crippen LogP contribution < -0.4 is 0 Å². The first kappa shape index (κ1) is 14.3. The third kappa shape index (κ3) is 3.70. The van der Waals surface area contributed by atoms with Crippen LogP contribution in [0.15, 0.2) is 28.7 Å². The molecule has 0 bridgehead atoms. The molecule has 1 saturated heterocycles. The first-order valence-corrected chi connectivity index (χ1v) is 6.38. The molecule has 3 nitrogen and oxygen atoms in total. The van der Waals surface area contributed by atoms with Crippen LogP contribution in [0.3, 0.4) is 0 Å². The Morgan fingerprint density at radius 3 is 2.58 bits per heavy atom. The van der Waals surface area contributed by atoms with Crippen molar-refractivity contribution in [2.24, 2.45) is 0 Å². The van der Waals surface area contributed by atoms with Gasteiger partial charge in [0.05, 0.1) is 11.7 Å². The van der Waals surface area contributed by atoms with Crippen LogP contribution in [0.5, 0.6) is 0 Å². The number of likely N-dealkylation sites (tertiary alicyclic amines) is 1. The lowest BCUT2D eigenvalue weighted by Crippen LogP contribution is -2.55. The molecule has 1 aliphatic rings. The molecule has 0 saturated carbocycles. The molecule has 0 unspecified atom stereocenters. The molecule has 19 heavy (non-hydrogen) atoms. The number of hydrogen-bond donors (Lipinski definition) is 0. The number of alkyl halides is 3. The van der Waals surface area contributed by atoms with E-state index >= 15 is 0 Å². The second kappa shape index (κ2) is 5.50. The van der Waals surface area contributed by atoms with Gasteiger partial charge in [0.1, 0.15) is 6.61 Å². The van der Waals surface area contributed by atoms with Crippen molar-refractivity contribution in [3.8, 4) is 0 Å². The number of carbonyl (C=O) groups excluding carboxylic acids is 1. The van der Waals surface area contributed by atoms with Crippen molar-refractivity contribution in [1.82, 2.24) is 4.90 Å². The van der Waals surface area contributed by atoms with Gasteiger partial charge in [-0.15, -0.1) is 0 Å². The highest BCUT2D eigenvalue weighted by atomic mass is 79.9. The van der Waals surface area contributed by atoms with Gasteiger partial charge >= 0.3 is 6.18 Å². The Balaban J connectivity index is 1.84. The topological polar surface area (TPSA) is 29.5 Å². The molecule has 1 heterocycles. The molecule has 0 atom stereocenters. The molecular formula is C12H11BrF3NO2. The van der Waals surface area contributed by atoms with Gasteiger partial charge in [-0.2, -0.15) is 13.2 Å². The van der Waals surface area contributed by atoms with E-state index in [2.05, 4.69) is 20.7 Å².